The minimum atomic E-state index is -0.736. The van der Waals surface area contributed by atoms with E-state index in [0.29, 0.717) is 12.5 Å². The van der Waals surface area contributed by atoms with Crippen LogP contribution in [0.1, 0.15) is 12.8 Å². The second-order valence-corrected chi connectivity index (χ2v) is 3.04. The molecule has 11 heavy (non-hydrogen) atoms. The third kappa shape index (κ3) is 2.48. The first-order valence-electron chi connectivity index (χ1n) is 3.87. The Morgan fingerprint density at radius 3 is 2.91 bits per heavy atom. The molecule has 1 saturated heterocycles. The number of carboxylic acids is 1. The third-order valence-corrected chi connectivity index (χ3v) is 2.07. The summed E-state index contributed by atoms with van der Waals surface area (Å²) < 4.78 is 0. The summed E-state index contributed by atoms with van der Waals surface area (Å²) in [5.41, 5.74) is 5.44. The quantitative estimate of drug-likeness (QED) is 0.512. The van der Waals surface area contributed by atoms with Gasteiger partial charge in [0.05, 0.1) is 6.42 Å². The average Bonchev–Trinajstić information content (AvgIpc) is 2.34. The van der Waals surface area contributed by atoms with Crippen LogP contribution in [0, 0.1) is 5.92 Å². The van der Waals surface area contributed by atoms with Gasteiger partial charge in [0, 0.05) is 6.04 Å². The Labute approximate surface area is 65.8 Å². The molecule has 0 spiro atoms. The Balaban J connectivity index is 2.24. The lowest BCUT2D eigenvalue weighted by molar-refractivity contribution is -0.137. The molecule has 0 aromatic carbocycles. The number of nitrogens with one attached hydrogen (secondary N) is 1. The van der Waals surface area contributed by atoms with E-state index in [2.05, 4.69) is 5.32 Å². The molecule has 4 heteroatoms. The molecule has 4 nitrogen and oxygen atoms in total. The lowest BCUT2D eigenvalue weighted by Gasteiger charge is -2.05. The number of carboxylic acid groups (broad SMARTS) is 1. The fraction of sp³-hybridized carbons (Fsp3) is 0.857. The molecule has 0 saturated carbocycles. The van der Waals surface area contributed by atoms with Gasteiger partial charge >= 0.3 is 5.97 Å². The van der Waals surface area contributed by atoms with Crippen molar-refractivity contribution >= 4 is 5.97 Å². The van der Waals surface area contributed by atoms with Gasteiger partial charge in [-0.25, -0.2) is 0 Å². The van der Waals surface area contributed by atoms with Crippen LogP contribution in [0.15, 0.2) is 0 Å². The van der Waals surface area contributed by atoms with Gasteiger partial charge in [-0.2, -0.15) is 0 Å². The van der Waals surface area contributed by atoms with Crippen molar-refractivity contribution in [2.75, 3.05) is 13.1 Å². The van der Waals surface area contributed by atoms with Gasteiger partial charge in [0.25, 0.3) is 0 Å². The summed E-state index contributed by atoms with van der Waals surface area (Å²) in [7, 11) is 0. The van der Waals surface area contributed by atoms with Crippen LogP contribution in [0.5, 0.6) is 0 Å². The topological polar surface area (TPSA) is 75.3 Å². The summed E-state index contributed by atoms with van der Waals surface area (Å²) in [5.74, 6) is -0.264. The second kappa shape index (κ2) is 3.69. The van der Waals surface area contributed by atoms with Crippen molar-refractivity contribution in [3.8, 4) is 0 Å². The van der Waals surface area contributed by atoms with Gasteiger partial charge in [0.15, 0.2) is 0 Å². The van der Waals surface area contributed by atoms with Gasteiger partial charge in [-0.1, -0.05) is 0 Å². The van der Waals surface area contributed by atoms with Crippen LogP contribution in [-0.2, 0) is 4.79 Å². The van der Waals surface area contributed by atoms with Gasteiger partial charge < -0.3 is 16.2 Å². The molecule has 1 heterocycles. The molecule has 1 aliphatic rings. The summed E-state index contributed by atoms with van der Waals surface area (Å²) in [6.45, 7) is 1.53. The number of hydrogen-bond donors (Lipinski definition) is 3. The van der Waals surface area contributed by atoms with E-state index < -0.39 is 5.97 Å². The zero-order valence-corrected chi connectivity index (χ0v) is 6.42. The molecule has 1 rings (SSSR count). The van der Waals surface area contributed by atoms with Crippen molar-refractivity contribution in [3.63, 3.8) is 0 Å². The zero-order valence-electron chi connectivity index (χ0n) is 6.42. The second-order valence-electron chi connectivity index (χ2n) is 3.04. The SMILES string of the molecule is NCC1CNC(CC(=O)O)C1. The lowest BCUT2D eigenvalue weighted by Crippen LogP contribution is -2.24. The fourth-order valence-electron chi connectivity index (χ4n) is 1.45. The minimum absolute atomic E-state index is 0.140. The standard InChI is InChI=1S/C7H14N2O2/c8-3-5-1-6(9-4-5)2-7(10)11/h5-6,9H,1-4,8H2,(H,10,11). The monoisotopic (exact) mass is 158 g/mol. The van der Waals surface area contributed by atoms with Crippen LogP contribution in [0.2, 0.25) is 0 Å². The van der Waals surface area contributed by atoms with E-state index in [1.54, 1.807) is 0 Å². The maximum atomic E-state index is 10.3. The van der Waals surface area contributed by atoms with Crippen LogP contribution in [-0.4, -0.2) is 30.2 Å². The molecule has 64 valence electrons. The molecule has 4 N–H and O–H groups in total. The van der Waals surface area contributed by atoms with Crippen molar-refractivity contribution in [2.24, 2.45) is 11.7 Å². The Morgan fingerprint density at radius 1 is 1.73 bits per heavy atom. The molecular weight excluding hydrogens is 144 g/mol. The first-order chi connectivity index (χ1) is 5.22. The smallest absolute Gasteiger partial charge is 0.304 e. The molecule has 2 atom stereocenters. The highest BCUT2D eigenvalue weighted by molar-refractivity contribution is 5.67. The van der Waals surface area contributed by atoms with Crippen LogP contribution in [0.25, 0.3) is 0 Å². The van der Waals surface area contributed by atoms with E-state index in [0.717, 1.165) is 13.0 Å². The lowest BCUT2D eigenvalue weighted by atomic mass is 10.0. The number of hydrogen-bond acceptors (Lipinski definition) is 3. The minimum Gasteiger partial charge on any atom is -0.481 e. The molecular formula is C7H14N2O2. The number of nitrogens with two attached hydrogens (primary N) is 1. The van der Waals surface area contributed by atoms with Crippen LogP contribution < -0.4 is 11.1 Å². The van der Waals surface area contributed by atoms with Crippen LogP contribution >= 0.6 is 0 Å². The Hall–Kier alpha value is -0.610. The largest absolute Gasteiger partial charge is 0.481 e. The predicted molar refractivity (Wildman–Crippen MR) is 41.2 cm³/mol. The van der Waals surface area contributed by atoms with Crippen molar-refractivity contribution in [2.45, 2.75) is 18.9 Å². The summed E-state index contributed by atoms with van der Waals surface area (Å²) in [4.78, 5) is 10.3. The zero-order chi connectivity index (χ0) is 8.27. The van der Waals surface area contributed by atoms with E-state index in [4.69, 9.17) is 10.8 Å². The molecule has 0 aromatic heterocycles. The Morgan fingerprint density at radius 2 is 2.45 bits per heavy atom. The molecule has 0 aromatic rings. The number of aliphatic carboxylic acids is 1. The van der Waals surface area contributed by atoms with E-state index in [9.17, 15) is 4.79 Å². The third-order valence-electron chi connectivity index (χ3n) is 2.07. The van der Waals surface area contributed by atoms with E-state index in [-0.39, 0.29) is 12.5 Å². The van der Waals surface area contributed by atoms with Gasteiger partial charge in [0.1, 0.15) is 0 Å². The molecule has 2 unspecified atom stereocenters. The molecule has 0 bridgehead atoms. The van der Waals surface area contributed by atoms with Crippen LogP contribution in [0.4, 0.5) is 0 Å². The number of carbonyl (C=O) groups is 1. The highest BCUT2D eigenvalue weighted by Crippen LogP contribution is 2.14. The first-order valence-corrected chi connectivity index (χ1v) is 3.87. The van der Waals surface area contributed by atoms with Gasteiger partial charge in [-0.15, -0.1) is 0 Å². The Kier molecular flexibility index (Phi) is 2.84. The van der Waals surface area contributed by atoms with E-state index >= 15 is 0 Å². The highest BCUT2D eigenvalue weighted by Gasteiger charge is 2.24. The van der Waals surface area contributed by atoms with Crippen molar-refractivity contribution in [1.29, 1.82) is 0 Å². The van der Waals surface area contributed by atoms with Gasteiger partial charge in [-0.3, -0.25) is 4.79 Å². The maximum absolute atomic E-state index is 10.3. The van der Waals surface area contributed by atoms with E-state index in [1.807, 2.05) is 0 Å². The fourth-order valence-corrected chi connectivity index (χ4v) is 1.45. The summed E-state index contributed by atoms with van der Waals surface area (Å²) in [6, 6.07) is 0.140. The molecule has 0 aliphatic carbocycles. The summed E-state index contributed by atoms with van der Waals surface area (Å²) in [5, 5.41) is 11.6. The predicted octanol–water partition coefficient (Wildman–Crippen LogP) is -0.602. The van der Waals surface area contributed by atoms with Crippen molar-refractivity contribution in [3.05, 3.63) is 0 Å². The highest BCUT2D eigenvalue weighted by atomic mass is 16.4. The summed E-state index contributed by atoms with van der Waals surface area (Å²) in [6.07, 6.45) is 1.12. The maximum Gasteiger partial charge on any atom is 0.304 e. The first kappa shape index (κ1) is 8.49. The average molecular weight is 158 g/mol. The normalized spacial score (nSPS) is 30.6. The van der Waals surface area contributed by atoms with Crippen molar-refractivity contribution in [1.82, 2.24) is 5.32 Å². The molecule has 1 aliphatic heterocycles. The van der Waals surface area contributed by atoms with Gasteiger partial charge in [0.2, 0.25) is 0 Å². The van der Waals surface area contributed by atoms with Crippen LogP contribution in [0.3, 0.4) is 0 Å². The molecule has 0 amide bonds. The van der Waals surface area contributed by atoms with E-state index in [1.165, 1.54) is 0 Å². The molecule has 1 fully saturated rings. The number of rotatable bonds is 3. The molecule has 0 radical (unpaired) electrons. The van der Waals surface area contributed by atoms with Crippen molar-refractivity contribution < 1.29 is 9.90 Å². The summed E-state index contributed by atoms with van der Waals surface area (Å²) >= 11 is 0. The Bertz CT molecular complexity index is 149. The van der Waals surface area contributed by atoms with Gasteiger partial charge in [-0.05, 0) is 25.4 Å².